The fraction of sp³-hybridized carbons (Fsp3) is 0.312. The van der Waals surface area contributed by atoms with E-state index in [1.54, 1.807) is 21.5 Å². The Labute approximate surface area is 406 Å². The maximum Gasteiger partial charge on any atom is 0.179 e. The van der Waals surface area contributed by atoms with Crippen molar-refractivity contribution in [3.8, 4) is 0 Å². The molecule has 0 nitrogen and oxygen atoms in total. The second-order valence-electron chi connectivity index (χ2n) is 21.2. The highest BCUT2D eigenvalue weighted by Crippen LogP contribution is 2.66. The molecule has 0 aromatic heterocycles. The molecular formula is C64H72Si3. The molecule has 2 unspecified atom stereocenters. The van der Waals surface area contributed by atoms with Crippen LogP contribution in [-0.2, 0) is 0 Å². The lowest BCUT2D eigenvalue weighted by Crippen LogP contribution is -2.68. The van der Waals surface area contributed by atoms with Crippen molar-refractivity contribution in [3.63, 3.8) is 0 Å². The fourth-order valence-corrected chi connectivity index (χ4v) is 33.4. The van der Waals surface area contributed by atoms with Crippen LogP contribution in [0.15, 0.2) is 228 Å². The lowest BCUT2D eigenvalue weighted by molar-refractivity contribution is 0.441. The molecule has 10 rings (SSSR count). The van der Waals surface area contributed by atoms with Gasteiger partial charge in [0.05, 0.1) is 8.07 Å². The number of hydrogen-bond acceptors (Lipinski definition) is 0. The zero-order valence-corrected chi connectivity index (χ0v) is 43.7. The molecule has 6 aromatic carbocycles. The first-order chi connectivity index (χ1) is 32.9. The average Bonchev–Trinajstić information content (AvgIpc) is 4.05. The molecule has 4 aliphatic carbocycles. The van der Waals surface area contributed by atoms with E-state index in [9.17, 15) is 0 Å². The fourth-order valence-electron chi connectivity index (χ4n) is 14.4. The van der Waals surface area contributed by atoms with Gasteiger partial charge in [0, 0.05) is 0 Å². The number of allylic oxidation sites excluding steroid dienone is 8. The summed E-state index contributed by atoms with van der Waals surface area (Å²) < 4.78 is 0. The Morgan fingerprint density at radius 3 is 0.791 bits per heavy atom. The molecule has 67 heavy (non-hydrogen) atoms. The van der Waals surface area contributed by atoms with Gasteiger partial charge in [0.2, 0.25) is 0 Å². The molecule has 0 saturated heterocycles. The van der Waals surface area contributed by atoms with Crippen molar-refractivity contribution >= 4 is 55.3 Å². The standard InChI is InChI=1S/C64H72Si3/c1-49(2)61-45-59(65(51-29-13-5-14-30-51,52-31-15-6-16-32-52)53-33-17-7-18-34-53)47-63(61)67(57-41-25-11-26-42-57,58-43-27-12-28-44-58)64-48-60(46-62(64)50(3)4)66(54-35-19-8-20-36-54,55-37-21-9-22-38-55)56-39-23-10-24-40-56/h5-10,13-24,29-40,45-50,57-58,63-64H,11-12,25-28,41-44H2,1-4H3. The Balaban J connectivity index is 1.30. The summed E-state index contributed by atoms with van der Waals surface area (Å²) in [5.74, 6) is 0.907. The second kappa shape index (κ2) is 19.9. The van der Waals surface area contributed by atoms with Crippen molar-refractivity contribution in [2.24, 2.45) is 11.8 Å². The molecule has 0 N–H and O–H groups in total. The highest BCUT2D eigenvalue weighted by atomic mass is 28.3. The van der Waals surface area contributed by atoms with Gasteiger partial charge in [-0.2, -0.15) is 0 Å². The smallest absolute Gasteiger partial charge is 0.0796 e. The molecular weight excluding hydrogens is 853 g/mol. The van der Waals surface area contributed by atoms with Gasteiger partial charge >= 0.3 is 0 Å². The van der Waals surface area contributed by atoms with E-state index in [0.29, 0.717) is 22.9 Å². The Hall–Kier alpha value is -5.07. The van der Waals surface area contributed by atoms with Crippen LogP contribution in [0.3, 0.4) is 0 Å². The van der Waals surface area contributed by atoms with E-state index >= 15 is 0 Å². The SMILES string of the molecule is CC(C)C1=CC([Si](c2ccccc2)(c2ccccc2)c2ccccc2)=CC1[Si](C1CCCCC1)(C1CCCCC1)C1C=C([Si](c2ccccc2)(c2ccccc2)c2ccccc2)C=C1C(C)C. The maximum absolute atomic E-state index is 3.05. The predicted molar refractivity (Wildman–Crippen MR) is 297 cm³/mol. The molecule has 2 saturated carbocycles. The summed E-state index contributed by atoms with van der Waals surface area (Å²) in [5.41, 5.74) is 6.00. The molecule has 0 aliphatic heterocycles. The van der Waals surface area contributed by atoms with Gasteiger partial charge in [0.1, 0.15) is 0 Å². The maximum atomic E-state index is 3.05. The van der Waals surface area contributed by atoms with Crippen LogP contribution < -0.4 is 31.1 Å². The first kappa shape index (κ1) is 45.7. The third kappa shape index (κ3) is 7.97. The molecule has 0 heterocycles. The van der Waals surface area contributed by atoms with Gasteiger partial charge in [-0.1, -0.05) is 309 Å². The van der Waals surface area contributed by atoms with Crippen LogP contribution in [0, 0.1) is 11.8 Å². The van der Waals surface area contributed by atoms with Gasteiger partial charge in [0.25, 0.3) is 0 Å². The summed E-state index contributed by atoms with van der Waals surface area (Å²) in [4.78, 5) is 0. The Kier molecular flexibility index (Phi) is 13.6. The van der Waals surface area contributed by atoms with E-state index in [-0.39, 0.29) is 0 Å². The normalized spacial score (nSPS) is 19.9. The van der Waals surface area contributed by atoms with E-state index in [0.717, 1.165) is 11.1 Å². The van der Waals surface area contributed by atoms with Crippen molar-refractivity contribution in [1.82, 2.24) is 0 Å². The molecule has 0 radical (unpaired) electrons. The van der Waals surface area contributed by atoms with E-state index in [4.69, 9.17) is 0 Å². The van der Waals surface area contributed by atoms with E-state index in [1.807, 2.05) is 0 Å². The highest BCUT2D eigenvalue weighted by molar-refractivity contribution is 7.17. The molecule has 0 spiro atoms. The molecule has 4 aliphatic rings. The second-order valence-corrected chi connectivity index (χ2v) is 33.7. The van der Waals surface area contributed by atoms with Crippen molar-refractivity contribution in [2.75, 3.05) is 0 Å². The van der Waals surface area contributed by atoms with Crippen molar-refractivity contribution in [3.05, 3.63) is 228 Å². The van der Waals surface area contributed by atoms with Gasteiger partial charge in [-0.25, -0.2) is 0 Å². The van der Waals surface area contributed by atoms with Gasteiger partial charge < -0.3 is 0 Å². The lowest BCUT2D eigenvalue weighted by Gasteiger charge is -2.56. The molecule has 2 atom stereocenters. The van der Waals surface area contributed by atoms with Crippen LogP contribution in [0.2, 0.25) is 22.2 Å². The average molecular weight is 926 g/mol. The summed E-state index contributed by atoms with van der Waals surface area (Å²) in [5, 5.41) is 12.2. The van der Waals surface area contributed by atoms with Crippen molar-refractivity contribution in [1.29, 1.82) is 0 Å². The number of rotatable bonds is 14. The summed E-state index contributed by atoms with van der Waals surface area (Å²) in [6.45, 7) is 10.2. The quantitative estimate of drug-likeness (QED) is 0.0754. The molecule has 340 valence electrons. The molecule has 2 fully saturated rings. The van der Waals surface area contributed by atoms with Gasteiger partial charge in [-0.3, -0.25) is 0 Å². The van der Waals surface area contributed by atoms with Gasteiger partial charge in [0.15, 0.2) is 16.1 Å². The first-order valence-corrected chi connectivity index (χ1v) is 32.4. The third-order valence-electron chi connectivity index (χ3n) is 17.2. The zero-order valence-electron chi connectivity index (χ0n) is 40.7. The van der Waals surface area contributed by atoms with Crippen LogP contribution in [0.4, 0.5) is 0 Å². The predicted octanol–water partition coefficient (Wildman–Crippen LogP) is 13.3. The van der Waals surface area contributed by atoms with Crippen LogP contribution in [-0.4, -0.2) is 24.2 Å². The van der Waals surface area contributed by atoms with E-state index < -0.39 is 24.2 Å². The van der Waals surface area contributed by atoms with Crippen molar-refractivity contribution in [2.45, 2.75) is 114 Å². The number of benzene rings is 6. The molecule has 0 amide bonds. The summed E-state index contributed by atoms with van der Waals surface area (Å²) in [6.07, 6.45) is 25.7. The minimum atomic E-state index is -2.77. The van der Waals surface area contributed by atoms with Crippen LogP contribution in [0.25, 0.3) is 0 Å². The molecule has 6 aromatic rings. The monoisotopic (exact) mass is 924 g/mol. The summed E-state index contributed by atoms with van der Waals surface area (Å²) in [7, 11) is -8.01. The first-order valence-electron chi connectivity index (χ1n) is 26.1. The van der Waals surface area contributed by atoms with Gasteiger partial charge in [-0.15, -0.1) is 0 Å². The topological polar surface area (TPSA) is 0 Å². The van der Waals surface area contributed by atoms with Crippen molar-refractivity contribution < 1.29 is 0 Å². The summed E-state index contributed by atoms with van der Waals surface area (Å²) >= 11 is 0. The third-order valence-corrected chi connectivity index (χ3v) is 33.9. The zero-order chi connectivity index (χ0) is 45.9. The number of hydrogen-bond donors (Lipinski definition) is 0. The molecule has 0 bridgehead atoms. The Morgan fingerprint density at radius 2 is 0.567 bits per heavy atom. The van der Waals surface area contributed by atoms with Gasteiger partial charge in [-0.05, 0) is 75.5 Å². The Bertz CT molecular complexity index is 2300. The minimum absolute atomic E-state index is 0.453. The van der Waals surface area contributed by atoms with E-state index in [2.05, 4.69) is 234 Å². The molecule has 3 heteroatoms. The Morgan fingerprint density at radius 1 is 0.328 bits per heavy atom. The highest BCUT2D eigenvalue weighted by Gasteiger charge is 2.61. The van der Waals surface area contributed by atoms with Crippen LogP contribution >= 0.6 is 0 Å². The minimum Gasteiger partial charge on any atom is -0.0796 e. The summed E-state index contributed by atoms with van der Waals surface area (Å²) in [6, 6.07) is 70.7. The lowest BCUT2D eigenvalue weighted by atomic mass is 9.98. The van der Waals surface area contributed by atoms with Crippen LogP contribution in [0.5, 0.6) is 0 Å². The largest absolute Gasteiger partial charge is 0.179 e. The van der Waals surface area contributed by atoms with Crippen LogP contribution in [0.1, 0.15) is 91.9 Å². The van der Waals surface area contributed by atoms with E-state index in [1.165, 1.54) is 95.3 Å².